The molecule has 108 valence electrons. The molecule has 0 saturated heterocycles. The summed E-state index contributed by atoms with van der Waals surface area (Å²) in [4.78, 5) is 0.955. The minimum Gasteiger partial charge on any atom is -0.306 e. The molecule has 2 rings (SSSR count). The van der Waals surface area contributed by atoms with Crippen molar-refractivity contribution in [2.45, 2.75) is 19.4 Å². The van der Waals surface area contributed by atoms with E-state index in [0.29, 0.717) is 15.6 Å². The second-order valence-electron chi connectivity index (χ2n) is 4.32. The molecule has 0 aliphatic carbocycles. The molecule has 1 aromatic heterocycles. The van der Waals surface area contributed by atoms with Crippen LogP contribution in [-0.2, 0) is 0 Å². The number of hydrogen-bond donors (Lipinski definition) is 1. The Morgan fingerprint density at radius 3 is 2.70 bits per heavy atom. The van der Waals surface area contributed by atoms with E-state index in [0.717, 1.165) is 21.6 Å². The Bertz CT molecular complexity index is 583. The van der Waals surface area contributed by atoms with E-state index < -0.39 is 0 Å². The van der Waals surface area contributed by atoms with Crippen LogP contribution in [0.15, 0.2) is 28.1 Å². The van der Waals surface area contributed by atoms with Crippen molar-refractivity contribution >= 4 is 50.5 Å². The van der Waals surface area contributed by atoms with Crippen molar-refractivity contribution < 1.29 is 4.39 Å². The second kappa shape index (κ2) is 7.23. The van der Waals surface area contributed by atoms with Crippen molar-refractivity contribution in [3.8, 4) is 0 Å². The van der Waals surface area contributed by atoms with E-state index >= 15 is 0 Å². The molecule has 2 aromatic rings. The third kappa shape index (κ3) is 3.74. The summed E-state index contributed by atoms with van der Waals surface area (Å²) < 4.78 is 14.9. The van der Waals surface area contributed by atoms with Crippen LogP contribution in [0.2, 0.25) is 10.0 Å². The highest BCUT2D eigenvalue weighted by Gasteiger charge is 2.21. The van der Waals surface area contributed by atoms with Gasteiger partial charge in [0.25, 0.3) is 0 Å². The summed E-state index contributed by atoms with van der Waals surface area (Å²) in [5, 5.41) is 4.50. The molecule has 1 unspecified atom stereocenters. The number of rotatable bonds is 5. The van der Waals surface area contributed by atoms with Gasteiger partial charge >= 0.3 is 0 Å². The van der Waals surface area contributed by atoms with Crippen LogP contribution in [0.25, 0.3) is 0 Å². The molecular weight excluding hydrogens is 384 g/mol. The maximum atomic E-state index is 14.1. The molecule has 1 aromatic carbocycles. The lowest BCUT2D eigenvalue weighted by Gasteiger charge is -2.18. The molecule has 1 N–H and O–H groups in total. The van der Waals surface area contributed by atoms with Crippen molar-refractivity contribution in [2.75, 3.05) is 6.54 Å². The summed E-state index contributed by atoms with van der Waals surface area (Å²) in [6, 6.07) is 6.20. The lowest BCUT2D eigenvalue weighted by Crippen LogP contribution is -2.23. The topological polar surface area (TPSA) is 12.0 Å². The van der Waals surface area contributed by atoms with Crippen molar-refractivity contribution in [3.05, 3.63) is 54.4 Å². The van der Waals surface area contributed by atoms with Gasteiger partial charge in [0.15, 0.2) is 0 Å². The zero-order valence-electron chi connectivity index (χ0n) is 10.7. The highest BCUT2D eigenvalue weighted by atomic mass is 79.9. The molecule has 0 bridgehead atoms. The Morgan fingerprint density at radius 1 is 1.35 bits per heavy atom. The van der Waals surface area contributed by atoms with Crippen LogP contribution in [0.3, 0.4) is 0 Å². The third-order valence-electron chi connectivity index (χ3n) is 2.82. The molecule has 20 heavy (non-hydrogen) atoms. The summed E-state index contributed by atoms with van der Waals surface area (Å²) in [7, 11) is 0. The first-order valence-corrected chi connectivity index (χ1v) is 8.52. The molecule has 1 nitrogen and oxygen atoms in total. The number of thiophene rings is 1. The molecular formula is C14H13BrCl2FNS. The molecule has 0 aliphatic heterocycles. The Balaban J connectivity index is 2.43. The molecule has 0 saturated carbocycles. The Morgan fingerprint density at radius 2 is 2.10 bits per heavy atom. The van der Waals surface area contributed by atoms with E-state index in [4.69, 9.17) is 23.2 Å². The van der Waals surface area contributed by atoms with E-state index in [1.165, 1.54) is 17.4 Å². The lowest BCUT2D eigenvalue weighted by atomic mass is 10.0. The Hall–Kier alpha value is -0.130. The molecule has 0 radical (unpaired) electrons. The Kier molecular flexibility index (Phi) is 5.87. The van der Waals surface area contributed by atoms with Crippen molar-refractivity contribution in [1.82, 2.24) is 5.32 Å². The first-order chi connectivity index (χ1) is 9.52. The fraction of sp³-hybridized carbons (Fsp3) is 0.286. The normalized spacial score (nSPS) is 12.7. The predicted molar refractivity (Wildman–Crippen MR) is 88.6 cm³/mol. The fourth-order valence-corrected chi connectivity index (χ4v) is 3.92. The molecule has 1 atom stereocenters. The van der Waals surface area contributed by atoms with E-state index in [2.05, 4.69) is 28.2 Å². The number of halogens is 4. The molecule has 0 fully saturated rings. The third-order valence-corrected chi connectivity index (χ3v) is 5.59. The molecule has 1 heterocycles. The number of hydrogen-bond acceptors (Lipinski definition) is 2. The molecule has 0 amide bonds. The molecule has 6 heteroatoms. The van der Waals surface area contributed by atoms with Gasteiger partial charge in [0, 0.05) is 15.5 Å². The van der Waals surface area contributed by atoms with Gasteiger partial charge < -0.3 is 5.32 Å². The summed E-state index contributed by atoms with van der Waals surface area (Å²) in [6.07, 6.45) is 0.957. The van der Waals surface area contributed by atoms with Crippen LogP contribution in [0.4, 0.5) is 4.39 Å². The van der Waals surface area contributed by atoms with Gasteiger partial charge in [-0.3, -0.25) is 0 Å². The minimum atomic E-state index is -0.274. The number of benzene rings is 1. The van der Waals surface area contributed by atoms with E-state index in [1.54, 1.807) is 12.1 Å². The van der Waals surface area contributed by atoms with Crippen LogP contribution in [0.5, 0.6) is 0 Å². The van der Waals surface area contributed by atoms with Crippen LogP contribution < -0.4 is 5.32 Å². The minimum absolute atomic E-state index is 0.248. The highest BCUT2D eigenvalue weighted by Crippen LogP contribution is 2.38. The van der Waals surface area contributed by atoms with Crippen LogP contribution in [0, 0.1) is 5.82 Å². The average molecular weight is 397 g/mol. The van der Waals surface area contributed by atoms with Gasteiger partial charge in [0.2, 0.25) is 0 Å². The summed E-state index contributed by atoms with van der Waals surface area (Å²) >= 11 is 17.0. The zero-order chi connectivity index (χ0) is 14.7. The highest BCUT2D eigenvalue weighted by molar-refractivity contribution is 9.11. The standard InChI is InChI=1S/C14H13BrCl2FNS/c1-2-5-19-13(12-7-10(17)14(15)20-12)9-6-8(16)3-4-11(9)18/h3-4,6-7,13,19H,2,5H2,1H3. The van der Waals surface area contributed by atoms with Crippen molar-refractivity contribution in [2.24, 2.45) is 0 Å². The smallest absolute Gasteiger partial charge is 0.128 e. The second-order valence-corrected chi connectivity index (χ2v) is 7.57. The first kappa shape index (κ1) is 16.2. The largest absolute Gasteiger partial charge is 0.306 e. The average Bonchev–Trinajstić information content (AvgIpc) is 2.74. The van der Waals surface area contributed by atoms with Gasteiger partial charge in [-0.15, -0.1) is 11.3 Å². The van der Waals surface area contributed by atoms with E-state index in [-0.39, 0.29) is 11.9 Å². The molecule has 0 spiro atoms. The SMILES string of the molecule is CCCNC(c1cc(Cl)c(Br)s1)c1cc(Cl)ccc1F. The summed E-state index contributed by atoms with van der Waals surface area (Å²) in [5.74, 6) is -0.274. The lowest BCUT2D eigenvalue weighted by molar-refractivity contribution is 0.551. The van der Waals surface area contributed by atoms with E-state index in [9.17, 15) is 4.39 Å². The quantitative estimate of drug-likeness (QED) is 0.648. The zero-order valence-corrected chi connectivity index (χ0v) is 14.6. The maximum absolute atomic E-state index is 14.1. The van der Waals surface area contributed by atoms with Gasteiger partial charge in [-0.1, -0.05) is 30.1 Å². The van der Waals surface area contributed by atoms with Crippen molar-refractivity contribution in [1.29, 1.82) is 0 Å². The van der Waals surface area contributed by atoms with Gasteiger partial charge in [-0.25, -0.2) is 4.39 Å². The van der Waals surface area contributed by atoms with Crippen LogP contribution in [-0.4, -0.2) is 6.54 Å². The number of nitrogens with one attached hydrogen (secondary N) is 1. The molecule has 0 aliphatic rings. The van der Waals surface area contributed by atoms with Gasteiger partial charge in [-0.05, 0) is 53.2 Å². The Labute approximate surface area is 140 Å². The van der Waals surface area contributed by atoms with Crippen LogP contribution >= 0.6 is 50.5 Å². The fourth-order valence-electron chi connectivity index (χ4n) is 1.89. The first-order valence-electron chi connectivity index (χ1n) is 6.16. The van der Waals surface area contributed by atoms with E-state index in [1.807, 2.05) is 6.07 Å². The monoisotopic (exact) mass is 395 g/mol. The van der Waals surface area contributed by atoms with Crippen molar-refractivity contribution in [3.63, 3.8) is 0 Å². The van der Waals surface area contributed by atoms with Gasteiger partial charge in [-0.2, -0.15) is 0 Å². The van der Waals surface area contributed by atoms with Crippen LogP contribution in [0.1, 0.15) is 29.8 Å². The summed E-state index contributed by atoms with van der Waals surface area (Å²) in [5.41, 5.74) is 0.538. The van der Waals surface area contributed by atoms with Gasteiger partial charge in [0.05, 0.1) is 14.9 Å². The maximum Gasteiger partial charge on any atom is 0.128 e. The summed E-state index contributed by atoms with van der Waals surface area (Å²) in [6.45, 7) is 2.85. The predicted octanol–water partition coefficient (Wildman–Crippen LogP) is 6.05. The van der Waals surface area contributed by atoms with Gasteiger partial charge in [0.1, 0.15) is 5.82 Å².